The molecule has 0 bridgehead atoms. The van der Waals surface area contributed by atoms with Gasteiger partial charge in [0.25, 0.3) is 0 Å². The van der Waals surface area contributed by atoms with Gasteiger partial charge in [-0.15, -0.1) is 0 Å². The van der Waals surface area contributed by atoms with Crippen LogP contribution in [0.25, 0.3) is 0 Å². The zero-order valence-electron chi connectivity index (χ0n) is 14.1. The van der Waals surface area contributed by atoms with Gasteiger partial charge in [0.15, 0.2) is 0 Å². The number of rotatable bonds is 6. The maximum Gasteiger partial charge on any atom is 0.137 e. The van der Waals surface area contributed by atoms with E-state index in [-0.39, 0.29) is 0 Å². The summed E-state index contributed by atoms with van der Waals surface area (Å²) in [7, 11) is 0. The molecule has 0 unspecified atom stereocenters. The second-order valence-electron chi connectivity index (χ2n) is 5.61. The number of nitrogens with zero attached hydrogens (tertiary/aromatic N) is 2. The van der Waals surface area contributed by atoms with Crippen molar-refractivity contribution in [3.63, 3.8) is 0 Å². The van der Waals surface area contributed by atoms with Gasteiger partial charge in [0.1, 0.15) is 36.9 Å². The number of nitriles is 2. The lowest BCUT2D eigenvalue weighted by Crippen LogP contribution is -1.99. The maximum atomic E-state index is 9.08. The second-order valence-corrected chi connectivity index (χ2v) is 5.61. The standard InChI is InChI=1S/C22H16N2O2/c23-13-19-5-1-3-7-21(19)25-15-17-9-11-18(12-10-17)16-26-22-8-4-2-6-20(22)14-24/h1-12H,15-16H2. The molecule has 0 saturated heterocycles. The van der Waals surface area contributed by atoms with Crippen LogP contribution >= 0.6 is 0 Å². The van der Waals surface area contributed by atoms with Crippen molar-refractivity contribution >= 4 is 0 Å². The van der Waals surface area contributed by atoms with Gasteiger partial charge < -0.3 is 9.47 Å². The van der Waals surface area contributed by atoms with Gasteiger partial charge >= 0.3 is 0 Å². The predicted octanol–water partition coefficient (Wildman–Crippen LogP) is 4.59. The van der Waals surface area contributed by atoms with Crippen LogP contribution in [0.2, 0.25) is 0 Å². The molecule has 0 heterocycles. The van der Waals surface area contributed by atoms with Crippen LogP contribution in [0, 0.1) is 22.7 Å². The van der Waals surface area contributed by atoms with Gasteiger partial charge in [-0.1, -0.05) is 48.5 Å². The summed E-state index contributed by atoms with van der Waals surface area (Å²) < 4.78 is 11.4. The van der Waals surface area contributed by atoms with E-state index in [0.717, 1.165) is 11.1 Å². The highest BCUT2D eigenvalue weighted by Crippen LogP contribution is 2.20. The van der Waals surface area contributed by atoms with Crippen molar-refractivity contribution in [2.75, 3.05) is 0 Å². The van der Waals surface area contributed by atoms with Crippen molar-refractivity contribution in [2.45, 2.75) is 13.2 Å². The fourth-order valence-electron chi connectivity index (χ4n) is 2.42. The van der Waals surface area contributed by atoms with Crippen LogP contribution in [-0.4, -0.2) is 0 Å². The van der Waals surface area contributed by atoms with E-state index in [1.54, 1.807) is 24.3 Å². The van der Waals surface area contributed by atoms with Gasteiger partial charge in [0.05, 0.1) is 11.1 Å². The summed E-state index contributed by atoms with van der Waals surface area (Å²) in [5, 5.41) is 18.2. The number of para-hydroxylation sites is 2. The molecule has 0 aromatic heterocycles. The minimum Gasteiger partial charge on any atom is -0.488 e. The molecular formula is C22H16N2O2. The summed E-state index contributed by atoms with van der Waals surface area (Å²) >= 11 is 0. The molecule has 0 aliphatic carbocycles. The van der Waals surface area contributed by atoms with E-state index in [4.69, 9.17) is 20.0 Å². The third kappa shape index (κ3) is 4.20. The van der Waals surface area contributed by atoms with Gasteiger partial charge in [-0.25, -0.2) is 0 Å². The molecule has 0 N–H and O–H groups in total. The van der Waals surface area contributed by atoms with Crippen LogP contribution in [0.15, 0.2) is 72.8 Å². The molecule has 0 aliphatic rings. The Labute approximate surface area is 152 Å². The van der Waals surface area contributed by atoms with Gasteiger partial charge in [-0.05, 0) is 35.4 Å². The van der Waals surface area contributed by atoms with Gasteiger partial charge in [-0.2, -0.15) is 10.5 Å². The Balaban J connectivity index is 1.59. The Morgan fingerprint density at radius 1 is 0.577 bits per heavy atom. The van der Waals surface area contributed by atoms with Crippen molar-refractivity contribution in [3.05, 3.63) is 95.1 Å². The fourth-order valence-corrected chi connectivity index (χ4v) is 2.42. The minimum atomic E-state index is 0.386. The lowest BCUT2D eigenvalue weighted by molar-refractivity contribution is 0.302. The maximum absolute atomic E-state index is 9.08. The Morgan fingerprint density at radius 3 is 1.35 bits per heavy atom. The van der Waals surface area contributed by atoms with E-state index in [2.05, 4.69) is 12.1 Å². The molecule has 0 radical (unpaired) electrons. The van der Waals surface area contributed by atoms with Gasteiger partial charge in [-0.3, -0.25) is 0 Å². The van der Waals surface area contributed by atoms with Gasteiger partial charge in [0.2, 0.25) is 0 Å². The summed E-state index contributed by atoms with van der Waals surface area (Å²) in [4.78, 5) is 0. The lowest BCUT2D eigenvalue weighted by atomic mass is 10.1. The largest absolute Gasteiger partial charge is 0.488 e. The highest BCUT2D eigenvalue weighted by molar-refractivity contribution is 5.43. The van der Waals surface area contributed by atoms with Gasteiger partial charge in [0, 0.05) is 0 Å². The van der Waals surface area contributed by atoms with E-state index in [9.17, 15) is 0 Å². The summed E-state index contributed by atoms with van der Waals surface area (Å²) in [6.07, 6.45) is 0. The zero-order chi connectivity index (χ0) is 18.2. The second kappa shape index (κ2) is 8.37. The molecule has 126 valence electrons. The molecule has 0 aliphatic heterocycles. The van der Waals surface area contributed by atoms with Crippen LogP contribution in [-0.2, 0) is 13.2 Å². The van der Waals surface area contributed by atoms with Crippen LogP contribution in [0.1, 0.15) is 22.3 Å². The molecule has 4 nitrogen and oxygen atoms in total. The number of benzene rings is 3. The molecule has 0 atom stereocenters. The quantitative estimate of drug-likeness (QED) is 0.658. The smallest absolute Gasteiger partial charge is 0.137 e. The van der Waals surface area contributed by atoms with Crippen molar-refractivity contribution in [1.29, 1.82) is 10.5 Å². The molecular weight excluding hydrogens is 324 g/mol. The molecule has 4 heteroatoms. The Bertz CT molecular complexity index is 886. The fraction of sp³-hybridized carbons (Fsp3) is 0.0909. The first kappa shape index (κ1) is 17.1. The van der Waals surface area contributed by atoms with Crippen molar-refractivity contribution in [3.8, 4) is 23.6 Å². The molecule has 3 aromatic rings. The van der Waals surface area contributed by atoms with E-state index < -0.39 is 0 Å². The van der Waals surface area contributed by atoms with Crippen molar-refractivity contribution in [2.24, 2.45) is 0 Å². The number of ether oxygens (including phenoxy) is 2. The molecule has 0 saturated carbocycles. The number of hydrogen-bond acceptors (Lipinski definition) is 4. The average Bonchev–Trinajstić information content (AvgIpc) is 2.72. The summed E-state index contributed by atoms with van der Waals surface area (Å²) in [6.45, 7) is 0.772. The summed E-state index contributed by atoms with van der Waals surface area (Å²) in [5.41, 5.74) is 3.04. The Hall–Kier alpha value is -3.76. The van der Waals surface area contributed by atoms with Crippen LogP contribution in [0.4, 0.5) is 0 Å². The first-order valence-electron chi connectivity index (χ1n) is 8.12. The van der Waals surface area contributed by atoms with E-state index in [0.29, 0.717) is 35.8 Å². The third-order valence-corrected chi connectivity index (χ3v) is 3.83. The van der Waals surface area contributed by atoms with Crippen LogP contribution < -0.4 is 9.47 Å². The lowest BCUT2D eigenvalue weighted by Gasteiger charge is -2.10. The van der Waals surface area contributed by atoms with E-state index in [1.807, 2.05) is 48.5 Å². The normalized spacial score (nSPS) is 9.77. The third-order valence-electron chi connectivity index (χ3n) is 3.83. The summed E-state index contributed by atoms with van der Waals surface area (Å²) in [5.74, 6) is 1.16. The molecule has 3 aromatic carbocycles. The average molecular weight is 340 g/mol. The van der Waals surface area contributed by atoms with E-state index >= 15 is 0 Å². The minimum absolute atomic E-state index is 0.386. The first-order chi connectivity index (χ1) is 12.8. The first-order valence-corrected chi connectivity index (χ1v) is 8.12. The van der Waals surface area contributed by atoms with Crippen LogP contribution in [0.3, 0.4) is 0 Å². The Kier molecular flexibility index (Phi) is 5.50. The molecule has 3 rings (SSSR count). The molecule has 0 spiro atoms. The SMILES string of the molecule is N#Cc1ccccc1OCc1ccc(COc2ccccc2C#N)cc1. The molecule has 0 fully saturated rings. The van der Waals surface area contributed by atoms with Crippen molar-refractivity contribution < 1.29 is 9.47 Å². The van der Waals surface area contributed by atoms with E-state index in [1.165, 1.54) is 0 Å². The van der Waals surface area contributed by atoms with Crippen molar-refractivity contribution in [1.82, 2.24) is 0 Å². The highest BCUT2D eigenvalue weighted by atomic mass is 16.5. The topological polar surface area (TPSA) is 66.0 Å². The number of hydrogen-bond donors (Lipinski definition) is 0. The predicted molar refractivity (Wildman–Crippen MR) is 97.4 cm³/mol. The monoisotopic (exact) mass is 340 g/mol. The molecule has 26 heavy (non-hydrogen) atoms. The highest BCUT2D eigenvalue weighted by Gasteiger charge is 2.04. The Morgan fingerprint density at radius 2 is 0.962 bits per heavy atom. The van der Waals surface area contributed by atoms with Crippen LogP contribution in [0.5, 0.6) is 11.5 Å². The zero-order valence-corrected chi connectivity index (χ0v) is 14.1. The summed E-state index contributed by atoms with van der Waals surface area (Å²) in [6, 6.07) is 26.4. The molecule has 0 amide bonds.